The Morgan fingerprint density at radius 3 is 2.62 bits per heavy atom. The van der Waals surface area contributed by atoms with Crippen LogP contribution in [0.25, 0.3) is 0 Å². The first kappa shape index (κ1) is 18.4. The van der Waals surface area contributed by atoms with Crippen LogP contribution in [0.5, 0.6) is 0 Å². The van der Waals surface area contributed by atoms with Gasteiger partial charge in [-0.05, 0) is 51.2 Å². The Morgan fingerprint density at radius 2 is 1.92 bits per heavy atom. The Hall–Kier alpha value is -1.89. The van der Waals surface area contributed by atoms with E-state index < -0.39 is 24.0 Å². The number of thiophene rings is 1. The van der Waals surface area contributed by atoms with E-state index in [2.05, 4.69) is 10.6 Å². The molecule has 0 fully saturated rings. The van der Waals surface area contributed by atoms with Crippen molar-refractivity contribution >= 4 is 29.2 Å². The van der Waals surface area contributed by atoms with Crippen molar-refractivity contribution < 1.29 is 19.1 Å². The lowest BCUT2D eigenvalue weighted by molar-refractivity contribution is -0.127. The second-order valence-electron chi connectivity index (χ2n) is 5.87. The molecule has 1 aromatic rings. The summed E-state index contributed by atoms with van der Waals surface area (Å²) in [6.07, 6.45) is 5.72. The first-order valence-corrected chi connectivity index (χ1v) is 9.24. The predicted molar refractivity (Wildman–Crippen MR) is 92.3 cm³/mol. The summed E-state index contributed by atoms with van der Waals surface area (Å²) in [6, 6.07) is 1.30. The molecule has 0 spiro atoms. The van der Waals surface area contributed by atoms with Crippen molar-refractivity contribution in [2.24, 2.45) is 0 Å². The van der Waals surface area contributed by atoms with E-state index >= 15 is 0 Å². The lowest BCUT2D eigenvalue weighted by atomic mass is 10.00. The number of esters is 1. The van der Waals surface area contributed by atoms with E-state index in [1.54, 1.807) is 6.92 Å². The van der Waals surface area contributed by atoms with E-state index in [0.29, 0.717) is 11.4 Å². The average molecular weight is 352 g/mol. The number of nitrogens with one attached hydrogen (secondary N) is 2. The first-order valence-electron chi connectivity index (χ1n) is 8.42. The molecular formula is C17H24N2O4S. The standard InChI is InChI=1S/C17H24N2O4S/c1-3-18-17(22)19-15(20)11(2)23-16(21)14-10-12-8-6-4-5-7-9-13(12)24-14/h10-11H,3-9H2,1-2H3,(H2,18,19,20,22)/t11-/m1/s1. The maximum Gasteiger partial charge on any atom is 0.349 e. The number of hydrogen-bond donors (Lipinski definition) is 2. The highest BCUT2D eigenvalue weighted by Gasteiger charge is 2.23. The molecule has 24 heavy (non-hydrogen) atoms. The minimum Gasteiger partial charge on any atom is -0.448 e. The van der Waals surface area contributed by atoms with Gasteiger partial charge in [-0.25, -0.2) is 9.59 Å². The molecule has 1 heterocycles. The highest BCUT2D eigenvalue weighted by Crippen LogP contribution is 2.29. The molecule has 1 aliphatic rings. The highest BCUT2D eigenvalue weighted by atomic mass is 32.1. The van der Waals surface area contributed by atoms with E-state index in [4.69, 9.17) is 4.74 Å². The maximum absolute atomic E-state index is 12.3. The third-order valence-corrected chi connectivity index (χ3v) is 5.14. The number of carbonyl (C=O) groups is 3. The zero-order valence-electron chi connectivity index (χ0n) is 14.1. The van der Waals surface area contributed by atoms with Crippen molar-refractivity contribution in [2.45, 2.75) is 58.5 Å². The largest absolute Gasteiger partial charge is 0.448 e. The Kier molecular flexibility index (Phi) is 6.78. The minimum atomic E-state index is -1.02. The lowest BCUT2D eigenvalue weighted by Crippen LogP contribution is -2.44. The number of imide groups is 1. The quantitative estimate of drug-likeness (QED) is 0.816. The minimum absolute atomic E-state index is 0.411. The van der Waals surface area contributed by atoms with Gasteiger partial charge in [0.25, 0.3) is 5.91 Å². The van der Waals surface area contributed by atoms with Crippen molar-refractivity contribution in [3.8, 4) is 0 Å². The smallest absolute Gasteiger partial charge is 0.349 e. The molecular weight excluding hydrogens is 328 g/mol. The summed E-state index contributed by atoms with van der Waals surface area (Å²) in [5.41, 5.74) is 1.23. The molecule has 0 radical (unpaired) electrons. The molecule has 0 saturated heterocycles. The molecule has 2 rings (SSSR count). The SMILES string of the molecule is CCNC(=O)NC(=O)[C@@H](C)OC(=O)c1cc2c(s1)CCCCCC2. The topological polar surface area (TPSA) is 84.5 Å². The number of fused-ring (bicyclic) bond motifs is 1. The van der Waals surface area contributed by atoms with Gasteiger partial charge in [0.1, 0.15) is 4.88 Å². The van der Waals surface area contributed by atoms with Crippen LogP contribution in [0.1, 0.15) is 59.6 Å². The zero-order chi connectivity index (χ0) is 17.5. The lowest BCUT2D eigenvalue weighted by Gasteiger charge is -2.12. The summed E-state index contributed by atoms with van der Waals surface area (Å²) in [7, 11) is 0. The van der Waals surface area contributed by atoms with Gasteiger partial charge >= 0.3 is 12.0 Å². The molecule has 0 aromatic carbocycles. The van der Waals surface area contributed by atoms with Crippen molar-refractivity contribution in [1.82, 2.24) is 10.6 Å². The number of ether oxygens (including phenoxy) is 1. The van der Waals surface area contributed by atoms with Crippen LogP contribution < -0.4 is 10.6 Å². The fraction of sp³-hybridized carbons (Fsp3) is 0.588. The molecule has 3 amide bonds. The number of aryl methyl sites for hydroxylation is 2. The molecule has 0 unspecified atom stereocenters. The van der Waals surface area contributed by atoms with E-state index in [-0.39, 0.29) is 0 Å². The molecule has 0 aliphatic heterocycles. The second-order valence-corrected chi connectivity index (χ2v) is 7.01. The molecule has 6 nitrogen and oxygen atoms in total. The number of hydrogen-bond acceptors (Lipinski definition) is 5. The normalized spacial score (nSPS) is 15.4. The van der Waals surface area contributed by atoms with Crippen LogP contribution in [0.2, 0.25) is 0 Å². The van der Waals surface area contributed by atoms with Crippen molar-refractivity contribution in [3.05, 3.63) is 21.4 Å². The van der Waals surface area contributed by atoms with E-state index in [1.165, 1.54) is 41.5 Å². The highest BCUT2D eigenvalue weighted by molar-refractivity contribution is 7.14. The van der Waals surface area contributed by atoms with E-state index in [0.717, 1.165) is 25.7 Å². The van der Waals surface area contributed by atoms with Gasteiger partial charge in [-0.2, -0.15) is 0 Å². The fourth-order valence-corrected chi connectivity index (χ4v) is 3.77. The summed E-state index contributed by atoms with van der Waals surface area (Å²) in [4.78, 5) is 37.2. The van der Waals surface area contributed by atoms with Gasteiger partial charge in [0.05, 0.1) is 0 Å². The van der Waals surface area contributed by atoms with Crippen LogP contribution in [0.4, 0.5) is 4.79 Å². The van der Waals surface area contributed by atoms with Gasteiger partial charge in [-0.3, -0.25) is 10.1 Å². The summed E-state index contributed by atoms with van der Waals surface area (Å²) < 4.78 is 5.20. The Bertz CT molecular complexity index is 586. The third-order valence-electron chi connectivity index (χ3n) is 3.92. The fourth-order valence-electron chi connectivity index (χ4n) is 2.64. The Morgan fingerprint density at radius 1 is 1.21 bits per heavy atom. The van der Waals surface area contributed by atoms with Gasteiger partial charge in [0.15, 0.2) is 6.10 Å². The molecule has 0 bridgehead atoms. The summed E-state index contributed by atoms with van der Waals surface area (Å²) in [6.45, 7) is 3.61. The molecule has 1 atom stereocenters. The zero-order valence-corrected chi connectivity index (χ0v) is 15.0. The number of urea groups is 1. The van der Waals surface area contributed by atoms with Gasteiger partial charge in [-0.15, -0.1) is 11.3 Å². The number of carbonyl (C=O) groups excluding carboxylic acids is 3. The van der Waals surface area contributed by atoms with Crippen molar-refractivity contribution in [2.75, 3.05) is 6.54 Å². The van der Waals surface area contributed by atoms with Crippen molar-refractivity contribution in [3.63, 3.8) is 0 Å². The third kappa shape index (κ3) is 5.06. The van der Waals surface area contributed by atoms with E-state index in [1.807, 2.05) is 6.07 Å². The molecule has 7 heteroatoms. The van der Waals surface area contributed by atoms with Crippen LogP contribution in [0.15, 0.2) is 6.07 Å². The second kappa shape index (κ2) is 8.82. The number of rotatable bonds is 4. The van der Waals surface area contributed by atoms with Crippen LogP contribution in [0, 0.1) is 0 Å². The Balaban J connectivity index is 1.95. The van der Waals surface area contributed by atoms with Gasteiger partial charge in [0.2, 0.25) is 0 Å². The van der Waals surface area contributed by atoms with Crippen LogP contribution in [-0.4, -0.2) is 30.6 Å². The first-order chi connectivity index (χ1) is 11.5. The predicted octanol–water partition coefficient (Wildman–Crippen LogP) is 2.80. The molecule has 0 saturated carbocycles. The molecule has 132 valence electrons. The summed E-state index contributed by atoms with van der Waals surface area (Å²) in [5.74, 6) is -1.14. The molecule has 1 aliphatic carbocycles. The van der Waals surface area contributed by atoms with E-state index in [9.17, 15) is 14.4 Å². The molecule has 2 N–H and O–H groups in total. The maximum atomic E-state index is 12.3. The van der Waals surface area contributed by atoms with Gasteiger partial charge in [0, 0.05) is 11.4 Å². The summed E-state index contributed by atoms with van der Waals surface area (Å²) in [5, 5.41) is 4.59. The van der Waals surface area contributed by atoms with Crippen LogP contribution in [0.3, 0.4) is 0 Å². The summed E-state index contributed by atoms with van der Waals surface area (Å²) >= 11 is 1.46. The Labute approximate surface area is 146 Å². The average Bonchev–Trinajstić information content (AvgIpc) is 2.89. The van der Waals surface area contributed by atoms with Gasteiger partial charge < -0.3 is 10.1 Å². The van der Waals surface area contributed by atoms with Crippen LogP contribution >= 0.6 is 11.3 Å². The molecule has 1 aromatic heterocycles. The monoisotopic (exact) mass is 352 g/mol. The van der Waals surface area contributed by atoms with Crippen LogP contribution in [-0.2, 0) is 22.4 Å². The van der Waals surface area contributed by atoms with Gasteiger partial charge in [-0.1, -0.05) is 12.8 Å². The number of amides is 3. The van der Waals surface area contributed by atoms with Crippen molar-refractivity contribution in [1.29, 1.82) is 0 Å².